The van der Waals surface area contributed by atoms with Gasteiger partial charge in [-0.15, -0.1) is 0 Å². The fourth-order valence-electron chi connectivity index (χ4n) is 3.07. The summed E-state index contributed by atoms with van der Waals surface area (Å²) < 4.78 is 12.1. The predicted molar refractivity (Wildman–Crippen MR) is 137 cm³/mol. The van der Waals surface area contributed by atoms with Crippen molar-refractivity contribution >= 4 is 45.9 Å². The Labute approximate surface area is 210 Å². The summed E-state index contributed by atoms with van der Waals surface area (Å²) in [6.45, 7) is 2.10. The third-order valence-corrected chi connectivity index (χ3v) is 5.54. The molecular weight excluding hydrogens is 549 g/mol. The number of nitrogens with one attached hydrogen (secondary N) is 1. The molecular formula is C25H20IN3O5. The van der Waals surface area contributed by atoms with Gasteiger partial charge in [0.2, 0.25) is 0 Å². The predicted octanol–water partition coefficient (Wildman–Crippen LogP) is 5.64. The molecule has 3 aromatic rings. The van der Waals surface area contributed by atoms with E-state index in [0.29, 0.717) is 26.3 Å². The van der Waals surface area contributed by atoms with E-state index in [4.69, 9.17) is 9.47 Å². The van der Waals surface area contributed by atoms with Crippen LogP contribution in [0.3, 0.4) is 0 Å². The summed E-state index contributed by atoms with van der Waals surface area (Å²) in [6, 6.07) is 18.8. The Morgan fingerprint density at radius 2 is 1.94 bits per heavy atom. The van der Waals surface area contributed by atoms with Gasteiger partial charge in [0, 0.05) is 17.8 Å². The fraction of sp³-hybridized carbons (Fsp3) is 0.120. The molecule has 0 spiro atoms. The largest absolute Gasteiger partial charge is 0.493 e. The lowest BCUT2D eigenvalue weighted by molar-refractivity contribution is -0.384. The molecule has 0 unspecified atom stereocenters. The van der Waals surface area contributed by atoms with E-state index in [2.05, 4.69) is 27.9 Å². The number of carbonyl (C=O) groups excluding carboxylic acids is 1. The van der Waals surface area contributed by atoms with Crippen molar-refractivity contribution < 1.29 is 19.2 Å². The number of halogens is 1. The molecule has 0 saturated carbocycles. The Hall–Kier alpha value is -3.91. The minimum atomic E-state index is -0.513. The summed E-state index contributed by atoms with van der Waals surface area (Å²) in [6.07, 6.45) is 1.48. The zero-order valence-electron chi connectivity index (χ0n) is 18.4. The first-order chi connectivity index (χ1) is 16.3. The van der Waals surface area contributed by atoms with Gasteiger partial charge in [-0.05, 0) is 88.7 Å². The minimum absolute atomic E-state index is 0.00628. The SMILES string of the molecule is COc1cc(/C=C(/C#N)C(=O)Nc2cccc(C)c2)cc(I)c1OCc1ccc([N+](=O)[O-])cc1. The summed E-state index contributed by atoms with van der Waals surface area (Å²) in [5.41, 5.74) is 2.90. The molecule has 0 aromatic heterocycles. The van der Waals surface area contributed by atoms with Gasteiger partial charge < -0.3 is 14.8 Å². The number of nitrogens with zero attached hydrogens (tertiary/aromatic N) is 2. The number of amides is 1. The van der Waals surface area contributed by atoms with Gasteiger partial charge in [-0.1, -0.05) is 12.1 Å². The molecule has 0 aliphatic rings. The van der Waals surface area contributed by atoms with E-state index < -0.39 is 10.8 Å². The number of hydrogen-bond acceptors (Lipinski definition) is 6. The van der Waals surface area contributed by atoms with Crippen molar-refractivity contribution in [2.45, 2.75) is 13.5 Å². The van der Waals surface area contributed by atoms with Gasteiger partial charge in [-0.3, -0.25) is 14.9 Å². The molecule has 0 bridgehead atoms. The second kappa shape index (κ2) is 11.3. The Morgan fingerprint density at radius 1 is 1.21 bits per heavy atom. The first-order valence-corrected chi connectivity index (χ1v) is 11.1. The van der Waals surface area contributed by atoms with Crippen LogP contribution < -0.4 is 14.8 Å². The molecule has 1 amide bonds. The lowest BCUT2D eigenvalue weighted by atomic mass is 10.1. The molecule has 8 nitrogen and oxygen atoms in total. The number of nitriles is 1. The second-order valence-corrected chi connectivity index (χ2v) is 8.40. The molecule has 0 heterocycles. The third kappa shape index (κ3) is 6.32. The number of benzene rings is 3. The monoisotopic (exact) mass is 569 g/mol. The van der Waals surface area contributed by atoms with Gasteiger partial charge in [-0.2, -0.15) is 5.26 Å². The molecule has 3 aromatic carbocycles. The highest BCUT2D eigenvalue weighted by Crippen LogP contribution is 2.35. The molecule has 0 aliphatic carbocycles. The van der Waals surface area contributed by atoms with Gasteiger partial charge in [0.05, 0.1) is 15.6 Å². The van der Waals surface area contributed by atoms with E-state index in [1.165, 1.54) is 25.3 Å². The number of carbonyl (C=O) groups is 1. The summed E-state index contributed by atoms with van der Waals surface area (Å²) in [7, 11) is 1.49. The Balaban J connectivity index is 1.79. The molecule has 3 rings (SSSR count). The first kappa shape index (κ1) is 24.7. The standard InChI is InChI=1S/C25H20IN3O5/c1-16-4-3-5-20(10-16)28-25(30)19(14-27)11-18-12-22(26)24(23(13-18)33-2)34-15-17-6-8-21(9-7-17)29(31)32/h3-13H,15H2,1-2H3,(H,28,30)/b19-11-. The van der Waals surface area contributed by atoms with Crippen LogP contribution in [0.15, 0.2) is 66.2 Å². The maximum absolute atomic E-state index is 12.6. The van der Waals surface area contributed by atoms with E-state index in [1.807, 2.05) is 31.2 Å². The molecule has 34 heavy (non-hydrogen) atoms. The number of anilines is 1. The molecule has 172 valence electrons. The van der Waals surface area contributed by atoms with Gasteiger partial charge in [0.1, 0.15) is 18.2 Å². The van der Waals surface area contributed by atoms with Crippen molar-refractivity contribution in [2.75, 3.05) is 12.4 Å². The summed E-state index contributed by atoms with van der Waals surface area (Å²) in [5.74, 6) is 0.401. The van der Waals surface area contributed by atoms with Crippen LogP contribution in [0.1, 0.15) is 16.7 Å². The normalized spacial score (nSPS) is 10.8. The average Bonchev–Trinajstić information content (AvgIpc) is 2.81. The van der Waals surface area contributed by atoms with Crippen LogP contribution in [0, 0.1) is 31.9 Å². The number of non-ortho nitro benzene ring substituents is 1. The van der Waals surface area contributed by atoms with Crippen molar-refractivity contribution in [1.29, 1.82) is 5.26 Å². The smallest absolute Gasteiger partial charge is 0.269 e. The first-order valence-electron chi connectivity index (χ1n) is 10.0. The highest BCUT2D eigenvalue weighted by atomic mass is 127. The van der Waals surface area contributed by atoms with E-state index in [0.717, 1.165) is 11.1 Å². The number of rotatable bonds is 8. The van der Waals surface area contributed by atoms with Crippen LogP contribution in [-0.4, -0.2) is 17.9 Å². The molecule has 0 radical (unpaired) electrons. The van der Waals surface area contributed by atoms with Crippen molar-refractivity contribution in [3.8, 4) is 17.6 Å². The lowest BCUT2D eigenvalue weighted by Gasteiger charge is -2.14. The Bertz CT molecular complexity index is 1300. The van der Waals surface area contributed by atoms with Gasteiger partial charge >= 0.3 is 0 Å². The van der Waals surface area contributed by atoms with Gasteiger partial charge in [-0.25, -0.2) is 0 Å². The van der Waals surface area contributed by atoms with Crippen LogP contribution in [0.2, 0.25) is 0 Å². The fourth-order valence-corrected chi connectivity index (χ4v) is 3.85. The molecule has 0 aliphatic heterocycles. The number of nitro benzene ring substituents is 1. The minimum Gasteiger partial charge on any atom is -0.493 e. The van der Waals surface area contributed by atoms with Crippen LogP contribution in [0.4, 0.5) is 11.4 Å². The van der Waals surface area contributed by atoms with Crippen LogP contribution >= 0.6 is 22.6 Å². The molecule has 0 fully saturated rings. The third-order valence-electron chi connectivity index (χ3n) is 4.73. The number of nitro groups is 1. The summed E-state index contributed by atoms with van der Waals surface area (Å²) in [4.78, 5) is 22.9. The van der Waals surface area contributed by atoms with E-state index in [1.54, 1.807) is 30.3 Å². The van der Waals surface area contributed by atoms with E-state index >= 15 is 0 Å². The summed E-state index contributed by atoms with van der Waals surface area (Å²) in [5, 5.41) is 23.1. The average molecular weight is 569 g/mol. The zero-order chi connectivity index (χ0) is 24.7. The van der Waals surface area contributed by atoms with Gasteiger partial charge in [0.15, 0.2) is 11.5 Å². The Morgan fingerprint density at radius 3 is 2.56 bits per heavy atom. The highest BCUT2D eigenvalue weighted by Gasteiger charge is 2.15. The van der Waals surface area contributed by atoms with Crippen molar-refractivity contribution in [2.24, 2.45) is 0 Å². The summed E-state index contributed by atoms with van der Waals surface area (Å²) >= 11 is 2.08. The maximum Gasteiger partial charge on any atom is 0.269 e. The number of ether oxygens (including phenoxy) is 2. The van der Waals surface area contributed by atoms with E-state index in [9.17, 15) is 20.2 Å². The molecule has 0 atom stereocenters. The van der Waals surface area contributed by atoms with Crippen LogP contribution in [0.5, 0.6) is 11.5 Å². The Kier molecular flexibility index (Phi) is 8.21. The van der Waals surface area contributed by atoms with E-state index in [-0.39, 0.29) is 17.9 Å². The molecule has 1 N–H and O–H groups in total. The molecule has 9 heteroatoms. The van der Waals surface area contributed by atoms with Gasteiger partial charge in [0.25, 0.3) is 11.6 Å². The lowest BCUT2D eigenvalue weighted by Crippen LogP contribution is -2.13. The van der Waals surface area contributed by atoms with Crippen LogP contribution in [-0.2, 0) is 11.4 Å². The number of hydrogen-bond donors (Lipinski definition) is 1. The molecule has 0 saturated heterocycles. The van der Waals surface area contributed by atoms with Crippen molar-refractivity contribution in [3.05, 3.63) is 96.6 Å². The second-order valence-electron chi connectivity index (χ2n) is 7.24. The quantitative estimate of drug-likeness (QED) is 0.124. The van der Waals surface area contributed by atoms with Crippen LogP contribution in [0.25, 0.3) is 6.08 Å². The number of methoxy groups -OCH3 is 1. The number of aryl methyl sites for hydroxylation is 1. The van der Waals surface area contributed by atoms with Crippen molar-refractivity contribution in [3.63, 3.8) is 0 Å². The highest BCUT2D eigenvalue weighted by molar-refractivity contribution is 14.1. The van der Waals surface area contributed by atoms with Crippen molar-refractivity contribution in [1.82, 2.24) is 0 Å². The zero-order valence-corrected chi connectivity index (χ0v) is 20.5. The topological polar surface area (TPSA) is 114 Å². The maximum atomic E-state index is 12.6.